The molecule has 0 aromatic rings. The summed E-state index contributed by atoms with van der Waals surface area (Å²) in [4.78, 5) is 2.24. The molecule has 1 unspecified atom stereocenters. The number of rotatable bonds is 8. The lowest BCUT2D eigenvalue weighted by atomic mass is 10.2. The van der Waals surface area contributed by atoms with E-state index in [0.717, 1.165) is 26.1 Å². The van der Waals surface area contributed by atoms with Crippen LogP contribution < -0.4 is 5.32 Å². The van der Waals surface area contributed by atoms with Crippen LogP contribution in [0.5, 0.6) is 0 Å². The number of hydrogen-bond donors (Lipinski definition) is 2. The van der Waals surface area contributed by atoms with Crippen LogP contribution in [0.4, 0.5) is 0 Å². The van der Waals surface area contributed by atoms with Crippen molar-refractivity contribution in [3.8, 4) is 0 Å². The number of aliphatic hydroxyl groups excluding tert-OH is 1. The molecular formula is C10H22N2O. The van der Waals surface area contributed by atoms with Crippen molar-refractivity contribution < 1.29 is 5.11 Å². The van der Waals surface area contributed by atoms with E-state index in [1.165, 1.54) is 0 Å². The summed E-state index contributed by atoms with van der Waals surface area (Å²) in [7, 11) is 1.95. The van der Waals surface area contributed by atoms with Gasteiger partial charge in [-0.1, -0.05) is 13.0 Å². The average Bonchev–Trinajstić information content (AvgIpc) is 2.14. The highest BCUT2D eigenvalue weighted by molar-refractivity contribution is 4.79. The van der Waals surface area contributed by atoms with E-state index in [-0.39, 0.29) is 6.61 Å². The molecule has 0 aliphatic heterocycles. The lowest BCUT2D eigenvalue weighted by Crippen LogP contribution is -2.42. The minimum atomic E-state index is 0.216. The molecule has 3 nitrogen and oxygen atoms in total. The molecule has 0 aromatic heterocycles. The summed E-state index contributed by atoms with van der Waals surface area (Å²) >= 11 is 0. The summed E-state index contributed by atoms with van der Waals surface area (Å²) < 4.78 is 0. The van der Waals surface area contributed by atoms with Crippen molar-refractivity contribution in [2.24, 2.45) is 0 Å². The van der Waals surface area contributed by atoms with E-state index >= 15 is 0 Å². The van der Waals surface area contributed by atoms with Gasteiger partial charge in [-0.25, -0.2) is 0 Å². The number of aliphatic hydroxyl groups is 1. The molecule has 1 atom stereocenters. The quantitative estimate of drug-likeness (QED) is 0.541. The Morgan fingerprint density at radius 2 is 2.31 bits per heavy atom. The fourth-order valence-corrected chi connectivity index (χ4v) is 1.48. The van der Waals surface area contributed by atoms with Gasteiger partial charge in [-0.3, -0.25) is 4.90 Å². The van der Waals surface area contributed by atoms with Crippen LogP contribution in [0.15, 0.2) is 12.7 Å². The molecule has 0 spiro atoms. The van der Waals surface area contributed by atoms with Crippen LogP contribution in [0, 0.1) is 0 Å². The topological polar surface area (TPSA) is 35.5 Å². The van der Waals surface area contributed by atoms with E-state index in [4.69, 9.17) is 5.11 Å². The molecule has 0 rings (SSSR count). The molecular weight excluding hydrogens is 164 g/mol. The maximum atomic E-state index is 8.88. The zero-order valence-electron chi connectivity index (χ0n) is 8.79. The molecule has 0 heterocycles. The van der Waals surface area contributed by atoms with Crippen molar-refractivity contribution in [1.82, 2.24) is 10.2 Å². The summed E-state index contributed by atoms with van der Waals surface area (Å²) in [6.45, 7) is 8.63. The summed E-state index contributed by atoms with van der Waals surface area (Å²) in [6.07, 6.45) is 2.97. The van der Waals surface area contributed by atoms with Gasteiger partial charge in [0.05, 0.1) is 6.61 Å². The van der Waals surface area contributed by atoms with Gasteiger partial charge >= 0.3 is 0 Å². The van der Waals surface area contributed by atoms with E-state index in [1.807, 2.05) is 13.1 Å². The highest BCUT2D eigenvalue weighted by Gasteiger charge is 2.13. The number of nitrogens with one attached hydrogen (secondary N) is 1. The lowest BCUT2D eigenvalue weighted by Gasteiger charge is -2.29. The maximum Gasteiger partial charge on any atom is 0.0558 e. The van der Waals surface area contributed by atoms with Gasteiger partial charge in [0.15, 0.2) is 0 Å². The summed E-state index contributed by atoms with van der Waals surface area (Å²) in [5.74, 6) is 0. The molecule has 3 heteroatoms. The normalized spacial score (nSPS) is 13.2. The Kier molecular flexibility index (Phi) is 7.99. The van der Waals surface area contributed by atoms with E-state index < -0.39 is 0 Å². The van der Waals surface area contributed by atoms with E-state index in [0.29, 0.717) is 6.04 Å². The lowest BCUT2D eigenvalue weighted by molar-refractivity contribution is 0.159. The van der Waals surface area contributed by atoms with Gasteiger partial charge in [0.25, 0.3) is 0 Å². The molecule has 0 radical (unpaired) electrons. The fraction of sp³-hybridized carbons (Fsp3) is 0.800. The first-order valence-electron chi connectivity index (χ1n) is 4.90. The number of likely N-dealkylation sites (N-methyl/N-ethyl adjacent to an activating group) is 1. The molecule has 0 fully saturated rings. The Morgan fingerprint density at radius 1 is 1.62 bits per heavy atom. The fourth-order valence-electron chi connectivity index (χ4n) is 1.48. The van der Waals surface area contributed by atoms with Crippen molar-refractivity contribution in [1.29, 1.82) is 0 Å². The zero-order valence-corrected chi connectivity index (χ0v) is 8.79. The van der Waals surface area contributed by atoms with Gasteiger partial charge in [-0.2, -0.15) is 0 Å². The second kappa shape index (κ2) is 8.23. The Bertz CT molecular complexity index is 128. The van der Waals surface area contributed by atoms with Gasteiger partial charge in [-0.05, 0) is 13.5 Å². The molecule has 0 aromatic carbocycles. The van der Waals surface area contributed by atoms with Gasteiger partial charge in [0.2, 0.25) is 0 Å². The van der Waals surface area contributed by atoms with Crippen LogP contribution in [0.1, 0.15) is 13.3 Å². The summed E-state index contributed by atoms with van der Waals surface area (Å²) in [5.41, 5.74) is 0. The second-order valence-electron chi connectivity index (χ2n) is 3.13. The van der Waals surface area contributed by atoms with Gasteiger partial charge < -0.3 is 10.4 Å². The van der Waals surface area contributed by atoms with E-state index in [1.54, 1.807) is 0 Å². The third-order valence-electron chi connectivity index (χ3n) is 2.18. The average molecular weight is 186 g/mol. The molecule has 13 heavy (non-hydrogen) atoms. The van der Waals surface area contributed by atoms with Crippen molar-refractivity contribution in [2.45, 2.75) is 19.4 Å². The predicted molar refractivity (Wildman–Crippen MR) is 56.9 cm³/mol. The van der Waals surface area contributed by atoms with E-state index in [9.17, 15) is 0 Å². The molecule has 78 valence electrons. The SMILES string of the molecule is C=CCN(CCO)C(CC)CNC. The monoisotopic (exact) mass is 186 g/mol. The van der Waals surface area contributed by atoms with Crippen LogP contribution in [-0.2, 0) is 0 Å². The maximum absolute atomic E-state index is 8.88. The molecule has 0 saturated carbocycles. The number of hydrogen-bond acceptors (Lipinski definition) is 3. The standard InChI is InChI=1S/C10H22N2O/c1-4-6-12(7-8-13)10(5-2)9-11-3/h4,10-11,13H,1,5-9H2,2-3H3. The molecule has 0 aliphatic rings. The smallest absolute Gasteiger partial charge is 0.0558 e. The van der Waals surface area contributed by atoms with E-state index in [2.05, 4.69) is 23.7 Å². The van der Waals surface area contributed by atoms with Crippen molar-refractivity contribution >= 4 is 0 Å². The number of nitrogens with zero attached hydrogens (tertiary/aromatic N) is 1. The molecule has 2 N–H and O–H groups in total. The largest absolute Gasteiger partial charge is 0.395 e. The molecule has 0 amide bonds. The Balaban J connectivity index is 4.02. The first-order chi connectivity index (χ1) is 6.29. The Morgan fingerprint density at radius 3 is 2.69 bits per heavy atom. The first kappa shape index (κ1) is 12.6. The van der Waals surface area contributed by atoms with Crippen molar-refractivity contribution in [3.05, 3.63) is 12.7 Å². The van der Waals surface area contributed by atoms with Crippen LogP contribution in [0.25, 0.3) is 0 Å². The third kappa shape index (κ3) is 5.03. The first-order valence-corrected chi connectivity index (χ1v) is 4.90. The van der Waals surface area contributed by atoms with Crippen molar-refractivity contribution in [3.63, 3.8) is 0 Å². The summed E-state index contributed by atoms with van der Waals surface area (Å²) in [6, 6.07) is 0.496. The zero-order chi connectivity index (χ0) is 10.1. The van der Waals surface area contributed by atoms with Gasteiger partial charge in [0.1, 0.15) is 0 Å². The molecule has 0 saturated heterocycles. The Labute approximate surface area is 81.4 Å². The molecule has 0 aliphatic carbocycles. The Hall–Kier alpha value is -0.380. The minimum Gasteiger partial charge on any atom is -0.395 e. The highest BCUT2D eigenvalue weighted by Crippen LogP contribution is 2.02. The van der Waals surface area contributed by atoms with Gasteiger partial charge in [-0.15, -0.1) is 6.58 Å². The summed E-state index contributed by atoms with van der Waals surface area (Å²) in [5, 5.41) is 12.0. The van der Waals surface area contributed by atoms with Crippen molar-refractivity contribution in [2.75, 3.05) is 33.3 Å². The predicted octanol–water partition coefficient (Wildman–Crippen LogP) is 0.465. The third-order valence-corrected chi connectivity index (χ3v) is 2.18. The van der Waals surface area contributed by atoms with Crippen LogP contribution in [0.3, 0.4) is 0 Å². The molecule has 0 bridgehead atoms. The van der Waals surface area contributed by atoms with Crippen LogP contribution in [-0.4, -0.2) is 49.3 Å². The minimum absolute atomic E-state index is 0.216. The highest BCUT2D eigenvalue weighted by atomic mass is 16.3. The van der Waals surface area contributed by atoms with Crippen LogP contribution >= 0.6 is 0 Å². The second-order valence-corrected chi connectivity index (χ2v) is 3.13. The van der Waals surface area contributed by atoms with Crippen LogP contribution in [0.2, 0.25) is 0 Å². The van der Waals surface area contributed by atoms with Gasteiger partial charge in [0, 0.05) is 25.7 Å².